The summed E-state index contributed by atoms with van der Waals surface area (Å²) in [6, 6.07) is 36.5. The van der Waals surface area contributed by atoms with Gasteiger partial charge in [-0.05, 0) is 65.7 Å². The average molecular weight is 543 g/mol. The molecular formula is C35H30N2O4. The van der Waals surface area contributed by atoms with E-state index in [1.54, 1.807) is 31.4 Å². The lowest BCUT2D eigenvalue weighted by Crippen LogP contribution is -2.35. The monoisotopic (exact) mass is 542 g/mol. The van der Waals surface area contributed by atoms with Gasteiger partial charge in [-0.1, -0.05) is 60.7 Å². The van der Waals surface area contributed by atoms with Crippen LogP contribution in [0, 0.1) is 0 Å². The number of benzene rings is 4. The summed E-state index contributed by atoms with van der Waals surface area (Å²) in [4.78, 5) is 28.4. The smallest absolute Gasteiger partial charge is 0.254 e. The normalized spacial score (nSPS) is 12.6. The quantitative estimate of drug-likeness (QED) is 0.242. The average Bonchev–Trinajstić information content (AvgIpc) is 3.46. The van der Waals surface area contributed by atoms with Crippen molar-refractivity contribution in [3.05, 3.63) is 143 Å². The fourth-order valence-corrected chi connectivity index (χ4v) is 5.28. The Morgan fingerprint density at radius 1 is 0.829 bits per heavy atom. The Labute approximate surface area is 239 Å². The van der Waals surface area contributed by atoms with E-state index in [1.807, 2.05) is 95.9 Å². The van der Waals surface area contributed by atoms with E-state index in [0.29, 0.717) is 30.8 Å². The number of carbonyl (C=O) groups is 2. The standard InChI is InChI=1S/C35H30N2O4/c1-40-30-18-14-27(15-19-30)35(39)37-21-20-31-28(23-37)22-32(41-31)24-12-16-29(17-13-24)36-34(38)33(25-8-4-2-5-9-25)26-10-6-3-7-11-26/h2-19,22,33H,20-21,23H2,1H3,(H,36,38). The Morgan fingerprint density at radius 2 is 1.46 bits per heavy atom. The Kier molecular flexibility index (Phi) is 7.37. The van der Waals surface area contributed by atoms with Crippen molar-refractivity contribution in [3.63, 3.8) is 0 Å². The molecule has 0 unspecified atom stereocenters. The van der Waals surface area contributed by atoms with Gasteiger partial charge in [0.05, 0.1) is 13.0 Å². The summed E-state index contributed by atoms with van der Waals surface area (Å²) < 4.78 is 11.4. The van der Waals surface area contributed by atoms with Crippen molar-refractivity contribution in [2.45, 2.75) is 18.9 Å². The van der Waals surface area contributed by atoms with E-state index in [4.69, 9.17) is 9.15 Å². The van der Waals surface area contributed by atoms with Crippen LogP contribution in [0.3, 0.4) is 0 Å². The lowest BCUT2D eigenvalue weighted by atomic mass is 9.90. The minimum atomic E-state index is -0.419. The van der Waals surface area contributed by atoms with Crippen molar-refractivity contribution in [1.82, 2.24) is 4.90 Å². The highest BCUT2D eigenvalue weighted by atomic mass is 16.5. The zero-order chi connectivity index (χ0) is 28.2. The maximum atomic E-state index is 13.5. The summed E-state index contributed by atoms with van der Waals surface area (Å²) in [5.41, 5.74) is 5.15. The first-order chi connectivity index (χ1) is 20.1. The van der Waals surface area contributed by atoms with Gasteiger partial charge in [0.1, 0.15) is 17.3 Å². The van der Waals surface area contributed by atoms with Crippen LogP contribution in [0.25, 0.3) is 11.3 Å². The van der Waals surface area contributed by atoms with Crippen LogP contribution in [-0.4, -0.2) is 30.4 Å². The number of fused-ring (bicyclic) bond motifs is 1. The Morgan fingerprint density at radius 3 is 2.07 bits per heavy atom. The molecule has 0 atom stereocenters. The van der Waals surface area contributed by atoms with Crippen LogP contribution >= 0.6 is 0 Å². The van der Waals surface area contributed by atoms with Gasteiger partial charge in [0.15, 0.2) is 0 Å². The molecule has 0 saturated carbocycles. The second-order valence-corrected chi connectivity index (χ2v) is 10.1. The van der Waals surface area contributed by atoms with Crippen molar-refractivity contribution in [2.24, 2.45) is 0 Å². The predicted molar refractivity (Wildman–Crippen MR) is 159 cm³/mol. The number of amides is 2. The number of carbonyl (C=O) groups excluding carboxylic acids is 2. The fraction of sp³-hybridized carbons (Fsp3) is 0.143. The first-order valence-electron chi connectivity index (χ1n) is 13.6. The van der Waals surface area contributed by atoms with E-state index in [0.717, 1.165) is 39.5 Å². The number of hydrogen-bond donors (Lipinski definition) is 1. The minimum Gasteiger partial charge on any atom is -0.497 e. The van der Waals surface area contributed by atoms with Gasteiger partial charge in [0, 0.05) is 41.9 Å². The van der Waals surface area contributed by atoms with Gasteiger partial charge in [-0.15, -0.1) is 0 Å². The van der Waals surface area contributed by atoms with Crippen LogP contribution in [-0.2, 0) is 17.8 Å². The Hall–Kier alpha value is -5.10. The highest BCUT2D eigenvalue weighted by Crippen LogP contribution is 2.32. The summed E-state index contributed by atoms with van der Waals surface area (Å²) in [6.45, 7) is 1.10. The van der Waals surface area contributed by atoms with Crippen LogP contribution in [0.2, 0.25) is 0 Å². The molecule has 0 bridgehead atoms. The third-order valence-electron chi connectivity index (χ3n) is 7.46. The van der Waals surface area contributed by atoms with Crippen LogP contribution in [0.1, 0.15) is 38.7 Å². The van der Waals surface area contributed by atoms with Gasteiger partial charge in [-0.25, -0.2) is 0 Å². The van der Waals surface area contributed by atoms with Crippen LogP contribution in [0.15, 0.2) is 120 Å². The summed E-state index contributed by atoms with van der Waals surface area (Å²) in [5.74, 6) is 1.86. The van der Waals surface area contributed by atoms with Gasteiger partial charge in [0.2, 0.25) is 5.91 Å². The molecule has 6 heteroatoms. The molecule has 0 saturated heterocycles. The second kappa shape index (κ2) is 11.6. The summed E-state index contributed by atoms with van der Waals surface area (Å²) in [7, 11) is 1.61. The number of nitrogens with zero attached hydrogens (tertiary/aromatic N) is 1. The maximum Gasteiger partial charge on any atom is 0.254 e. The van der Waals surface area contributed by atoms with E-state index >= 15 is 0 Å². The van der Waals surface area contributed by atoms with Gasteiger partial charge in [-0.3, -0.25) is 9.59 Å². The molecule has 41 heavy (non-hydrogen) atoms. The van der Waals surface area contributed by atoms with Crippen LogP contribution in [0.5, 0.6) is 5.75 Å². The Bertz CT molecular complexity index is 1600. The third-order valence-corrected chi connectivity index (χ3v) is 7.46. The first-order valence-corrected chi connectivity index (χ1v) is 13.6. The number of furan rings is 1. The molecule has 0 aliphatic carbocycles. The molecule has 6 rings (SSSR count). The molecule has 2 amide bonds. The lowest BCUT2D eigenvalue weighted by molar-refractivity contribution is -0.116. The number of methoxy groups -OCH3 is 1. The number of anilines is 1. The molecule has 1 aliphatic rings. The summed E-state index contributed by atoms with van der Waals surface area (Å²) >= 11 is 0. The summed E-state index contributed by atoms with van der Waals surface area (Å²) in [6.07, 6.45) is 0.658. The van der Waals surface area contributed by atoms with Gasteiger partial charge in [-0.2, -0.15) is 0 Å². The number of rotatable bonds is 7. The van der Waals surface area contributed by atoms with Crippen LogP contribution in [0.4, 0.5) is 5.69 Å². The SMILES string of the molecule is COc1ccc(C(=O)N2CCc3oc(-c4ccc(NC(=O)C(c5ccccc5)c5ccccc5)cc4)cc3C2)cc1. The number of nitrogens with one attached hydrogen (secondary N) is 1. The van der Waals surface area contributed by atoms with E-state index in [1.165, 1.54) is 0 Å². The van der Waals surface area contributed by atoms with Gasteiger partial charge < -0.3 is 19.4 Å². The number of hydrogen-bond acceptors (Lipinski definition) is 4. The number of ether oxygens (including phenoxy) is 1. The highest BCUT2D eigenvalue weighted by Gasteiger charge is 2.26. The lowest BCUT2D eigenvalue weighted by Gasteiger charge is -2.26. The molecule has 0 radical (unpaired) electrons. The van der Waals surface area contributed by atoms with Gasteiger partial charge >= 0.3 is 0 Å². The fourth-order valence-electron chi connectivity index (χ4n) is 5.28. The molecule has 1 aliphatic heterocycles. The second-order valence-electron chi connectivity index (χ2n) is 10.1. The molecule has 6 nitrogen and oxygen atoms in total. The van der Waals surface area contributed by atoms with Crippen molar-refractivity contribution < 1.29 is 18.7 Å². The topological polar surface area (TPSA) is 71.8 Å². The van der Waals surface area contributed by atoms with Crippen molar-refractivity contribution in [3.8, 4) is 17.1 Å². The Balaban J connectivity index is 1.15. The predicted octanol–water partition coefficient (Wildman–Crippen LogP) is 6.92. The highest BCUT2D eigenvalue weighted by molar-refractivity contribution is 5.98. The van der Waals surface area contributed by atoms with Crippen molar-refractivity contribution >= 4 is 17.5 Å². The molecular weight excluding hydrogens is 512 g/mol. The van der Waals surface area contributed by atoms with Gasteiger partial charge in [0.25, 0.3) is 5.91 Å². The zero-order valence-electron chi connectivity index (χ0n) is 22.7. The maximum absolute atomic E-state index is 13.5. The molecule has 204 valence electrons. The molecule has 2 heterocycles. The van der Waals surface area contributed by atoms with E-state index in [9.17, 15) is 9.59 Å². The van der Waals surface area contributed by atoms with Crippen LogP contribution < -0.4 is 10.1 Å². The van der Waals surface area contributed by atoms with E-state index in [2.05, 4.69) is 5.32 Å². The third kappa shape index (κ3) is 5.63. The molecule has 1 aromatic heterocycles. The molecule has 0 fully saturated rings. The zero-order valence-corrected chi connectivity index (χ0v) is 22.7. The van der Waals surface area contributed by atoms with E-state index in [-0.39, 0.29) is 11.8 Å². The largest absolute Gasteiger partial charge is 0.497 e. The summed E-state index contributed by atoms with van der Waals surface area (Å²) in [5, 5.41) is 3.09. The first kappa shape index (κ1) is 26.1. The molecule has 0 spiro atoms. The molecule has 5 aromatic rings. The van der Waals surface area contributed by atoms with E-state index < -0.39 is 5.92 Å². The molecule has 4 aromatic carbocycles. The minimum absolute atomic E-state index is 0.00884. The van der Waals surface area contributed by atoms with Crippen molar-refractivity contribution in [2.75, 3.05) is 19.0 Å². The van der Waals surface area contributed by atoms with Crippen molar-refractivity contribution in [1.29, 1.82) is 0 Å². The molecule has 1 N–H and O–H groups in total.